The molecule has 5 N–H and O–H groups in total. The van der Waals surface area contributed by atoms with E-state index in [0.717, 1.165) is 38.7 Å². The Morgan fingerprint density at radius 2 is 1.58 bits per heavy atom. The summed E-state index contributed by atoms with van der Waals surface area (Å²) in [5.74, 6) is 0.421. The maximum Gasteiger partial charge on any atom is 0.437 e. The largest absolute Gasteiger partial charge is 0.437 e. The molecule has 0 bridgehead atoms. The van der Waals surface area contributed by atoms with Gasteiger partial charge < -0.3 is 10.2 Å². The first-order valence-corrected chi connectivity index (χ1v) is 9.96. The second-order valence-corrected chi connectivity index (χ2v) is 7.33. The molecule has 0 aliphatic rings. The minimum absolute atomic E-state index is 0.338. The number of amidine groups is 1. The van der Waals surface area contributed by atoms with Crippen molar-refractivity contribution in [2.24, 2.45) is 5.73 Å². The second-order valence-electron chi connectivity index (χ2n) is 7.33. The minimum Gasteiger partial charge on any atom is -0.398 e. The molecule has 31 heavy (non-hydrogen) atoms. The zero-order valence-corrected chi connectivity index (χ0v) is 16.7. The van der Waals surface area contributed by atoms with Gasteiger partial charge in [-0.05, 0) is 52.7 Å². The van der Waals surface area contributed by atoms with E-state index in [-0.39, 0.29) is 0 Å². The van der Waals surface area contributed by atoms with Gasteiger partial charge in [-0.2, -0.15) is 0 Å². The van der Waals surface area contributed by atoms with Crippen molar-refractivity contribution < 1.29 is 14.8 Å². The topological polar surface area (TPSA) is 105 Å². The molecule has 0 atom stereocenters. The molecule has 3 aromatic carbocycles. The molecule has 0 aliphatic heterocycles. The highest BCUT2D eigenvalue weighted by Gasteiger charge is 2.19. The van der Waals surface area contributed by atoms with Crippen LogP contribution >= 0.6 is 0 Å². The van der Waals surface area contributed by atoms with Crippen molar-refractivity contribution in [1.29, 1.82) is 0 Å². The van der Waals surface area contributed by atoms with Gasteiger partial charge in [-0.1, -0.05) is 41.4 Å². The van der Waals surface area contributed by atoms with Gasteiger partial charge in [0, 0.05) is 12.4 Å². The Balaban J connectivity index is 1.49. The maximum absolute atomic E-state index is 6.44. The van der Waals surface area contributed by atoms with E-state index in [1.54, 1.807) is 12.4 Å². The SMILES string of the molecule is N/C(=[NH+]\c1nc2cc3ccccc3cc2o1)c1ccccc1C(=[NH2+])Cc1ccncc1. The Labute approximate surface area is 178 Å². The zero-order chi connectivity index (χ0) is 21.2. The van der Waals surface area contributed by atoms with Gasteiger partial charge in [0.05, 0.1) is 17.5 Å². The fraction of sp³-hybridized carbons (Fsp3) is 0.0400. The summed E-state index contributed by atoms with van der Waals surface area (Å²) >= 11 is 0. The van der Waals surface area contributed by atoms with E-state index >= 15 is 0 Å². The number of rotatable bonds is 5. The molecule has 0 aliphatic carbocycles. The summed E-state index contributed by atoms with van der Waals surface area (Å²) in [6.07, 6.45) is 4.11. The van der Waals surface area contributed by atoms with E-state index in [2.05, 4.69) is 21.0 Å². The Kier molecular flexibility index (Phi) is 4.72. The average molecular weight is 407 g/mol. The molecule has 0 unspecified atom stereocenters. The molecular formula is C25H21N5O+2. The molecule has 0 spiro atoms. The molecule has 6 nitrogen and oxygen atoms in total. The van der Waals surface area contributed by atoms with Crippen molar-refractivity contribution in [2.75, 3.05) is 0 Å². The molecule has 0 radical (unpaired) electrons. The van der Waals surface area contributed by atoms with Gasteiger partial charge in [0.1, 0.15) is 0 Å². The molecule has 5 aromatic rings. The molecule has 5 rings (SSSR count). The third-order valence-corrected chi connectivity index (χ3v) is 5.20. The second kappa shape index (κ2) is 7.84. The Morgan fingerprint density at radius 3 is 2.35 bits per heavy atom. The van der Waals surface area contributed by atoms with Gasteiger partial charge >= 0.3 is 6.01 Å². The number of nitrogens with one attached hydrogen (secondary N) is 1. The summed E-state index contributed by atoms with van der Waals surface area (Å²) in [7, 11) is 0. The fourth-order valence-corrected chi connectivity index (χ4v) is 3.66. The number of hydrogen-bond donors (Lipinski definition) is 3. The summed E-state index contributed by atoms with van der Waals surface area (Å²) in [4.78, 5) is 11.7. The number of fused-ring (bicyclic) bond motifs is 2. The lowest BCUT2D eigenvalue weighted by Crippen LogP contribution is -2.70. The fourth-order valence-electron chi connectivity index (χ4n) is 3.66. The highest BCUT2D eigenvalue weighted by molar-refractivity contribution is 6.08. The summed E-state index contributed by atoms with van der Waals surface area (Å²) in [5.41, 5.74) is 11.3. The predicted octanol–water partition coefficient (Wildman–Crippen LogP) is 1.28. The van der Waals surface area contributed by atoms with Crippen molar-refractivity contribution in [2.45, 2.75) is 6.42 Å². The van der Waals surface area contributed by atoms with Crippen LogP contribution in [0.5, 0.6) is 0 Å². The van der Waals surface area contributed by atoms with Crippen LogP contribution in [0.15, 0.2) is 89.6 Å². The highest BCUT2D eigenvalue weighted by Crippen LogP contribution is 2.23. The monoisotopic (exact) mass is 407 g/mol. The van der Waals surface area contributed by atoms with Crippen LogP contribution in [-0.4, -0.2) is 21.5 Å². The average Bonchev–Trinajstić information content (AvgIpc) is 3.19. The van der Waals surface area contributed by atoms with Crippen LogP contribution in [-0.2, 0) is 6.42 Å². The number of nitrogens with zero attached hydrogens (tertiary/aromatic N) is 2. The lowest BCUT2D eigenvalue weighted by molar-refractivity contribution is -0.378. The highest BCUT2D eigenvalue weighted by atomic mass is 16.4. The van der Waals surface area contributed by atoms with Crippen molar-refractivity contribution in [3.8, 4) is 0 Å². The normalized spacial score (nSPS) is 11.8. The molecule has 2 heterocycles. The minimum atomic E-state index is 0.338. The lowest BCUT2D eigenvalue weighted by atomic mass is 9.97. The number of oxazole rings is 1. The predicted molar refractivity (Wildman–Crippen MR) is 121 cm³/mol. The molecule has 0 saturated carbocycles. The van der Waals surface area contributed by atoms with Crippen LogP contribution in [0.1, 0.15) is 16.7 Å². The number of benzene rings is 3. The maximum atomic E-state index is 6.44. The summed E-state index contributed by atoms with van der Waals surface area (Å²) in [6.45, 7) is 0. The van der Waals surface area contributed by atoms with Crippen LogP contribution in [0.25, 0.3) is 21.9 Å². The number of hydrogen-bond acceptors (Lipinski definition) is 3. The summed E-state index contributed by atoms with van der Waals surface area (Å²) in [5, 5.41) is 8.64. The number of nitrogen functional groups attached to an aromatic ring is 1. The van der Waals surface area contributed by atoms with Gasteiger partial charge in [0.2, 0.25) is 5.84 Å². The van der Waals surface area contributed by atoms with Crippen molar-refractivity contribution in [1.82, 2.24) is 9.97 Å². The molecule has 0 amide bonds. The van der Waals surface area contributed by atoms with E-state index in [4.69, 9.17) is 15.6 Å². The molecule has 6 heteroatoms. The van der Waals surface area contributed by atoms with E-state index in [0.29, 0.717) is 23.9 Å². The first-order valence-electron chi connectivity index (χ1n) is 9.96. The van der Waals surface area contributed by atoms with Crippen LogP contribution in [0.4, 0.5) is 6.01 Å². The Hall–Kier alpha value is -4.32. The Morgan fingerprint density at radius 1 is 0.903 bits per heavy atom. The third kappa shape index (κ3) is 3.79. The van der Waals surface area contributed by atoms with E-state index < -0.39 is 0 Å². The smallest absolute Gasteiger partial charge is 0.398 e. The van der Waals surface area contributed by atoms with E-state index in [1.807, 2.05) is 66.7 Å². The van der Waals surface area contributed by atoms with Crippen LogP contribution in [0, 0.1) is 0 Å². The van der Waals surface area contributed by atoms with Gasteiger partial charge in [-0.3, -0.25) is 10.4 Å². The van der Waals surface area contributed by atoms with Crippen molar-refractivity contribution in [3.05, 3.63) is 102 Å². The van der Waals surface area contributed by atoms with Gasteiger partial charge in [0.25, 0.3) is 0 Å². The first kappa shape index (κ1) is 18.7. The van der Waals surface area contributed by atoms with E-state index in [1.165, 1.54) is 0 Å². The molecule has 0 saturated heterocycles. The first-order chi connectivity index (χ1) is 15.2. The van der Waals surface area contributed by atoms with Crippen LogP contribution in [0.3, 0.4) is 0 Å². The van der Waals surface area contributed by atoms with Crippen LogP contribution < -0.4 is 16.1 Å². The van der Waals surface area contributed by atoms with E-state index in [9.17, 15) is 0 Å². The summed E-state index contributed by atoms with van der Waals surface area (Å²) < 4.78 is 5.90. The van der Waals surface area contributed by atoms with Gasteiger partial charge in [-0.25, -0.2) is 4.99 Å². The van der Waals surface area contributed by atoms with Crippen molar-refractivity contribution in [3.63, 3.8) is 0 Å². The number of pyridine rings is 1. The Bertz CT molecular complexity index is 1380. The molecule has 2 aromatic heterocycles. The standard InChI is InChI=1S/C25H19N5O/c26-21(13-16-9-11-28-12-10-16)19-7-3-4-8-20(19)24(27)30-25-29-22-14-17-5-1-2-6-18(17)15-23(22)31-25/h1-12,14-15,26H,13H2,(H2,27,29,30)/p+2. The number of nitrogens with two attached hydrogens (primary N) is 2. The third-order valence-electron chi connectivity index (χ3n) is 5.20. The zero-order valence-electron chi connectivity index (χ0n) is 16.7. The lowest BCUT2D eigenvalue weighted by Gasteiger charge is -2.05. The number of aromatic nitrogens is 2. The van der Waals surface area contributed by atoms with Crippen LogP contribution in [0.2, 0.25) is 0 Å². The van der Waals surface area contributed by atoms with Gasteiger partial charge in [-0.15, -0.1) is 0 Å². The van der Waals surface area contributed by atoms with Gasteiger partial charge in [0.15, 0.2) is 16.8 Å². The van der Waals surface area contributed by atoms with Crippen molar-refractivity contribution >= 4 is 39.4 Å². The molecule has 150 valence electrons. The molecular weight excluding hydrogens is 386 g/mol. The molecule has 0 fully saturated rings. The summed E-state index contributed by atoms with van der Waals surface area (Å²) in [6, 6.07) is 24.1. The quantitative estimate of drug-likeness (QED) is 0.302.